The summed E-state index contributed by atoms with van der Waals surface area (Å²) in [4.78, 5) is 25.9. The quantitative estimate of drug-likeness (QED) is 0.784. The third kappa shape index (κ3) is 2.26. The fourth-order valence-corrected chi connectivity index (χ4v) is 2.67. The summed E-state index contributed by atoms with van der Waals surface area (Å²) in [6, 6.07) is 7.45. The first kappa shape index (κ1) is 12.0. The van der Waals surface area contributed by atoms with Crippen molar-refractivity contribution in [2.75, 3.05) is 16.8 Å². The minimum absolute atomic E-state index is 0.00366. The van der Waals surface area contributed by atoms with Gasteiger partial charge in [-0.25, -0.2) is 0 Å². The lowest BCUT2D eigenvalue weighted by Gasteiger charge is -2.32. The van der Waals surface area contributed by atoms with Crippen molar-refractivity contribution in [2.45, 2.75) is 19.3 Å². The van der Waals surface area contributed by atoms with Crippen molar-refractivity contribution < 1.29 is 9.59 Å². The number of amides is 2. The fraction of sp³-hybridized carbons (Fsp3) is 0.333. The number of nitrogens with one attached hydrogen (secondary N) is 1. The number of para-hydroxylation sites is 2. The van der Waals surface area contributed by atoms with Crippen LogP contribution in [0.4, 0.5) is 11.4 Å². The molecular formula is C15H16N2O2. The number of benzene rings is 1. The Morgan fingerprint density at radius 1 is 1.26 bits per heavy atom. The van der Waals surface area contributed by atoms with Crippen molar-refractivity contribution in [3.05, 3.63) is 36.4 Å². The van der Waals surface area contributed by atoms with Crippen LogP contribution in [0.15, 0.2) is 36.4 Å². The molecule has 4 nitrogen and oxygen atoms in total. The number of rotatable bonds is 1. The number of fused-ring (bicyclic) bond motifs is 1. The van der Waals surface area contributed by atoms with Crippen LogP contribution in [-0.4, -0.2) is 18.4 Å². The average Bonchev–Trinajstić information content (AvgIpc) is 2.46. The molecular weight excluding hydrogens is 240 g/mol. The third-order valence-electron chi connectivity index (χ3n) is 3.65. The van der Waals surface area contributed by atoms with Crippen LogP contribution >= 0.6 is 0 Å². The van der Waals surface area contributed by atoms with E-state index >= 15 is 0 Å². The van der Waals surface area contributed by atoms with Crippen molar-refractivity contribution in [1.29, 1.82) is 0 Å². The van der Waals surface area contributed by atoms with Crippen LogP contribution in [-0.2, 0) is 9.59 Å². The second-order valence-electron chi connectivity index (χ2n) is 4.97. The summed E-state index contributed by atoms with van der Waals surface area (Å²) >= 11 is 0. The Hall–Kier alpha value is -2.10. The monoisotopic (exact) mass is 256 g/mol. The molecule has 0 spiro atoms. The summed E-state index contributed by atoms with van der Waals surface area (Å²) in [5.74, 6) is -0.0611. The summed E-state index contributed by atoms with van der Waals surface area (Å²) in [6.45, 7) is 0.121. The van der Waals surface area contributed by atoms with Gasteiger partial charge in [-0.3, -0.25) is 9.59 Å². The summed E-state index contributed by atoms with van der Waals surface area (Å²) in [7, 11) is 0. The molecule has 0 saturated carbocycles. The molecule has 1 N–H and O–H groups in total. The summed E-state index contributed by atoms with van der Waals surface area (Å²) in [6.07, 6.45) is 6.76. The molecule has 0 bridgehead atoms. The van der Waals surface area contributed by atoms with Gasteiger partial charge in [-0.2, -0.15) is 0 Å². The van der Waals surface area contributed by atoms with E-state index < -0.39 is 0 Å². The van der Waals surface area contributed by atoms with Crippen LogP contribution in [0.3, 0.4) is 0 Å². The lowest BCUT2D eigenvalue weighted by Crippen LogP contribution is -2.45. The Kier molecular flexibility index (Phi) is 3.07. The Morgan fingerprint density at radius 2 is 2.11 bits per heavy atom. The zero-order valence-electron chi connectivity index (χ0n) is 10.6. The van der Waals surface area contributed by atoms with Gasteiger partial charge in [0.25, 0.3) is 0 Å². The summed E-state index contributed by atoms with van der Waals surface area (Å²) < 4.78 is 0. The van der Waals surface area contributed by atoms with Gasteiger partial charge in [0, 0.05) is 5.92 Å². The molecule has 1 aliphatic heterocycles. The van der Waals surface area contributed by atoms with E-state index in [1.807, 2.05) is 24.3 Å². The molecule has 2 aliphatic rings. The molecule has 1 aromatic rings. The van der Waals surface area contributed by atoms with Gasteiger partial charge < -0.3 is 10.2 Å². The van der Waals surface area contributed by atoms with Crippen LogP contribution in [0.1, 0.15) is 19.3 Å². The van der Waals surface area contributed by atoms with Gasteiger partial charge in [-0.15, -0.1) is 0 Å². The van der Waals surface area contributed by atoms with E-state index in [9.17, 15) is 9.59 Å². The molecule has 1 atom stereocenters. The Bertz CT molecular complexity index is 551. The smallest absolute Gasteiger partial charge is 0.244 e. The number of anilines is 2. The van der Waals surface area contributed by atoms with Crippen molar-refractivity contribution in [2.24, 2.45) is 5.92 Å². The van der Waals surface area contributed by atoms with E-state index in [1.165, 1.54) is 0 Å². The predicted molar refractivity (Wildman–Crippen MR) is 73.9 cm³/mol. The van der Waals surface area contributed by atoms with E-state index in [2.05, 4.69) is 17.5 Å². The predicted octanol–water partition coefficient (Wildman–Crippen LogP) is 2.33. The Labute approximate surface area is 112 Å². The minimum atomic E-state index is -0.126. The van der Waals surface area contributed by atoms with Gasteiger partial charge in [0.2, 0.25) is 11.8 Å². The second kappa shape index (κ2) is 4.88. The van der Waals surface area contributed by atoms with Gasteiger partial charge in [-0.1, -0.05) is 24.3 Å². The molecule has 0 radical (unpaired) electrons. The van der Waals surface area contributed by atoms with Crippen LogP contribution in [0.25, 0.3) is 0 Å². The molecule has 19 heavy (non-hydrogen) atoms. The largest absolute Gasteiger partial charge is 0.323 e. The number of allylic oxidation sites excluding steroid dienone is 2. The van der Waals surface area contributed by atoms with E-state index in [1.54, 1.807) is 4.90 Å². The number of carbonyl (C=O) groups is 2. The minimum Gasteiger partial charge on any atom is -0.323 e. The topological polar surface area (TPSA) is 49.4 Å². The number of hydrogen-bond donors (Lipinski definition) is 1. The normalized spacial score (nSPS) is 21.8. The molecule has 2 amide bonds. The lowest BCUT2D eigenvalue weighted by atomic mass is 9.92. The number of nitrogens with zero attached hydrogens (tertiary/aromatic N) is 1. The zero-order valence-corrected chi connectivity index (χ0v) is 10.6. The maximum absolute atomic E-state index is 12.6. The fourth-order valence-electron chi connectivity index (χ4n) is 2.67. The lowest BCUT2D eigenvalue weighted by molar-refractivity contribution is -0.124. The summed E-state index contributed by atoms with van der Waals surface area (Å²) in [5, 5.41) is 2.80. The highest BCUT2D eigenvalue weighted by Crippen LogP contribution is 2.31. The maximum atomic E-state index is 12.6. The van der Waals surface area contributed by atoms with Crippen LogP contribution in [0.5, 0.6) is 0 Å². The molecule has 0 fully saturated rings. The maximum Gasteiger partial charge on any atom is 0.244 e. The number of carbonyl (C=O) groups excluding carboxylic acids is 2. The first-order valence-electron chi connectivity index (χ1n) is 6.61. The Morgan fingerprint density at radius 3 is 2.89 bits per heavy atom. The van der Waals surface area contributed by atoms with E-state index in [4.69, 9.17) is 0 Å². The molecule has 1 unspecified atom stereocenters. The van der Waals surface area contributed by atoms with Crippen molar-refractivity contribution >= 4 is 23.2 Å². The van der Waals surface area contributed by atoms with Gasteiger partial charge in [0.1, 0.15) is 6.54 Å². The molecule has 3 rings (SSSR count). The van der Waals surface area contributed by atoms with Gasteiger partial charge in [-0.05, 0) is 31.4 Å². The van der Waals surface area contributed by atoms with E-state index in [-0.39, 0.29) is 24.3 Å². The Balaban J connectivity index is 1.90. The van der Waals surface area contributed by atoms with Crippen molar-refractivity contribution in [1.82, 2.24) is 0 Å². The zero-order chi connectivity index (χ0) is 13.2. The first-order valence-corrected chi connectivity index (χ1v) is 6.61. The first-order chi connectivity index (χ1) is 9.25. The molecule has 1 aromatic carbocycles. The molecule has 4 heteroatoms. The molecule has 1 heterocycles. The van der Waals surface area contributed by atoms with Crippen LogP contribution < -0.4 is 10.2 Å². The molecule has 0 aromatic heterocycles. The van der Waals surface area contributed by atoms with Crippen molar-refractivity contribution in [3.8, 4) is 0 Å². The summed E-state index contributed by atoms with van der Waals surface area (Å²) in [5.41, 5.74) is 1.53. The highest BCUT2D eigenvalue weighted by molar-refractivity contribution is 6.10. The highest BCUT2D eigenvalue weighted by Gasteiger charge is 2.31. The highest BCUT2D eigenvalue weighted by atomic mass is 16.2. The molecule has 98 valence electrons. The van der Waals surface area contributed by atoms with Crippen molar-refractivity contribution in [3.63, 3.8) is 0 Å². The van der Waals surface area contributed by atoms with E-state index in [0.717, 1.165) is 30.6 Å². The van der Waals surface area contributed by atoms with Gasteiger partial charge in [0.15, 0.2) is 0 Å². The van der Waals surface area contributed by atoms with Crippen LogP contribution in [0, 0.1) is 5.92 Å². The average molecular weight is 256 g/mol. The van der Waals surface area contributed by atoms with Gasteiger partial charge in [0.05, 0.1) is 11.4 Å². The van der Waals surface area contributed by atoms with Gasteiger partial charge >= 0.3 is 0 Å². The SMILES string of the molecule is O=C1CN(C(=O)C2CC=CCC2)c2ccccc2N1. The van der Waals surface area contributed by atoms with E-state index in [0.29, 0.717) is 0 Å². The second-order valence-corrected chi connectivity index (χ2v) is 4.97. The third-order valence-corrected chi connectivity index (χ3v) is 3.65. The molecule has 0 saturated heterocycles. The standard InChI is InChI=1S/C15H16N2O2/c18-14-10-17(13-9-5-4-8-12(13)16-14)15(19)11-6-2-1-3-7-11/h1-2,4-5,8-9,11H,3,6-7,10H2,(H,16,18). The number of hydrogen-bond acceptors (Lipinski definition) is 2. The molecule has 1 aliphatic carbocycles. The van der Waals surface area contributed by atoms with Crippen LogP contribution in [0.2, 0.25) is 0 Å².